The van der Waals surface area contributed by atoms with E-state index in [1.165, 1.54) is 0 Å². The van der Waals surface area contributed by atoms with Crippen molar-refractivity contribution in [2.45, 2.75) is 52.5 Å². The number of carbonyl (C=O) groups excluding carboxylic acids is 1. The Hall–Kier alpha value is -1.26. The molecular weight excluding hydrogens is 336 g/mol. The number of anilines is 1. The molecule has 0 atom stereocenters. The van der Waals surface area contributed by atoms with E-state index in [0.29, 0.717) is 5.95 Å². The maximum absolute atomic E-state index is 11.6. The second-order valence-corrected chi connectivity index (χ2v) is 16.3. The number of nitrogens with zero attached hydrogens (tertiary/aromatic N) is 2. The van der Waals surface area contributed by atoms with Crippen LogP contribution in [0.5, 0.6) is 0 Å². The molecule has 1 aromatic rings. The van der Waals surface area contributed by atoms with Gasteiger partial charge >= 0.3 is 0 Å². The Kier molecular flexibility index (Phi) is 8.04. The predicted octanol–water partition coefficient (Wildman–Crippen LogP) is 3.02. The summed E-state index contributed by atoms with van der Waals surface area (Å²) in [6.45, 7) is 13.5. The van der Waals surface area contributed by atoms with E-state index in [4.69, 9.17) is 4.12 Å². The fraction of sp³-hybridized carbons (Fsp3) is 0.688. The monoisotopic (exact) mass is 368 g/mol. The Balaban J connectivity index is 2.36. The highest BCUT2D eigenvalue weighted by Gasteiger charge is 2.32. The van der Waals surface area contributed by atoms with Crippen molar-refractivity contribution in [3.63, 3.8) is 0 Å². The lowest BCUT2D eigenvalue weighted by Crippen LogP contribution is -2.49. The molecule has 1 rings (SSSR count). The van der Waals surface area contributed by atoms with E-state index in [1.54, 1.807) is 18.5 Å². The molecule has 1 heterocycles. The molecule has 0 unspecified atom stereocenters. The first-order valence-corrected chi connectivity index (χ1v) is 14.8. The fourth-order valence-electron chi connectivity index (χ4n) is 2.45. The summed E-state index contributed by atoms with van der Waals surface area (Å²) in [7, 11) is -3.58. The highest BCUT2D eigenvalue weighted by Crippen LogP contribution is 2.20. The number of hydrogen-bond acceptors (Lipinski definition) is 5. The van der Waals surface area contributed by atoms with Crippen LogP contribution in [-0.4, -0.2) is 45.2 Å². The molecular formula is C16H32N4O2Si2. The Morgan fingerprint density at radius 2 is 1.79 bits per heavy atom. The zero-order chi connectivity index (χ0) is 18.2. The van der Waals surface area contributed by atoms with E-state index in [0.717, 1.165) is 25.2 Å². The first-order valence-electron chi connectivity index (χ1n) is 8.60. The second kappa shape index (κ2) is 9.29. The van der Waals surface area contributed by atoms with Crippen molar-refractivity contribution < 1.29 is 8.91 Å². The van der Waals surface area contributed by atoms with Crippen LogP contribution < -0.4 is 10.6 Å². The zero-order valence-corrected chi connectivity index (χ0v) is 17.8. The van der Waals surface area contributed by atoms with E-state index in [1.807, 2.05) is 13.8 Å². The number of carbonyl (C=O) groups is 1. The molecule has 0 aliphatic carbocycles. The van der Waals surface area contributed by atoms with Crippen LogP contribution >= 0.6 is 0 Å². The Morgan fingerprint density at radius 1 is 1.17 bits per heavy atom. The van der Waals surface area contributed by atoms with Gasteiger partial charge in [-0.1, -0.05) is 13.8 Å². The van der Waals surface area contributed by atoms with Gasteiger partial charge in [-0.15, -0.1) is 0 Å². The van der Waals surface area contributed by atoms with Crippen LogP contribution in [-0.2, 0) is 8.91 Å². The molecule has 0 spiro atoms. The maximum atomic E-state index is 11.6. The van der Waals surface area contributed by atoms with Crippen LogP contribution in [0.3, 0.4) is 0 Å². The van der Waals surface area contributed by atoms with Crippen molar-refractivity contribution in [3.05, 3.63) is 18.5 Å². The summed E-state index contributed by atoms with van der Waals surface area (Å²) in [6.07, 6.45) is 5.22. The minimum atomic E-state index is -1.84. The van der Waals surface area contributed by atoms with Gasteiger partial charge in [-0.25, -0.2) is 9.97 Å². The molecule has 1 aromatic heterocycles. The average Bonchev–Trinajstić information content (AvgIpc) is 2.49. The number of aromatic nitrogens is 2. The third-order valence-electron chi connectivity index (χ3n) is 3.57. The van der Waals surface area contributed by atoms with E-state index >= 15 is 0 Å². The molecule has 0 aliphatic heterocycles. The Bertz CT molecular complexity index is 510. The Morgan fingerprint density at radius 3 is 2.38 bits per heavy atom. The van der Waals surface area contributed by atoms with Crippen LogP contribution in [0.1, 0.15) is 20.3 Å². The first-order chi connectivity index (χ1) is 11.1. The van der Waals surface area contributed by atoms with E-state index in [-0.39, 0.29) is 11.8 Å². The molecule has 0 saturated heterocycles. The molecule has 8 heteroatoms. The topological polar surface area (TPSA) is 76.1 Å². The van der Waals surface area contributed by atoms with Gasteiger partial charge in [0.05, 0.1) is 0 Å². The smallest absolute Gasteiger partial charge is 0.222 e. The van der Waals surface area contributed by atoms with E-state index < -0.39 is 16.6 Å². The second-order valence-electron chi connectivity index (χ2n) is 7.60. The van der Waals surface area contributed by atoms with Gasteiger partial charge in [-0.2, -0.15) is 0 Å². The van der Waals surface area contributed by atoms with Crippen molar-refractivity contribution >= 4 is 28.5 Å². The summed E-state index contributed by atoms with van der Waals surface area (Å²) in [5, 5.41) is 6.26. The summed E-state index contributed by atoms with van der Waals surface area (Å²) in [5.74, 6) is 0.818. The third-order valence-corrected chi connectivity index (χ3v) is 10.6. The molecule has 2 N–H and O–H groups in total. The molecule has 0 fully saturated rings. The molecule has 0 aliphatic rings. The molecule has 1 amide bonds. The predicted molar refractivity (Wildman–Crippen MR) is 104 cm³/mol. The van der Waals surface area contributed by atoms with Crippen molar-refractivity contribution in [1.29, 1.82) is 0 Å². The summed E-state index contributed by atoms with van der Waals surface area (Å²) in [6, 6.07) is 2.85. The van der Waals surface area contributed by atoms with Gasteiger partial charge in [0.2, 0.25) is 11.9 Å². The molecule has 136 valence electrons. The average molecular weight is 369 g/mol. The van der Waals surface area contributed by atoms with Crippen LogP contribution in [0.15, 0.2) is 18.5 Å². The lowest BCUT2D eigenvalue weighted by atomic mass is 10.2. The summed E-state index contributed by atoms with van der Waals surface area (Å²) < 4.78 is 6.55. The number of hydrogen-bond donors (Lipinski definition) is 2. The van der Waals surface area contributed by atoms with Gasteiger partial charge in [0, 0.05) is 31.0 Å². The van der Waals surface area contributed by atoms with Crippen LogP contribution in [0, 0.1) is 5.92 Å². The van der Waals surface area contributed by atoms with E-state index in [2.05, 4.69) is 46.8 Å². The van der Waals surface area contributed by atoms with Gasteiger partial charge in [0.25, 0.3) is 0 Å². The van der Waals surface area contributed by atoms with Crippen LogP contribution in [0.2, 0.25) is 32.2 Å². The highest BCUT2D eigenvalue weighted by atomic mass is 28.4. The Labute approximate surface area is 148 Å². The highest BCUT2D eigenvalue weighted by molar-refractivity contribution is 6.85. The fourth-order valence-corrected chi connectivity index (χ4v) is 10.7. The van der Waals surface area contributed by atoms with Crippen molar-refractivity contribution in [2.75, 3.05) is 18.0 Å². The summed E-state index contributed by atoms with van der Waals surface area (Å²) in [4.78, 5) is 19.9. The van der Waals surface area contributed by atoms with Crippen molar-refractivity contribution in [2.24, 2.45) is 5.92 Å². The first kappa shape index (κ1) is 20.8. The summed E-state index contributed by atoms with van der Waals surface area (Å²) in [5.41, 5.74) is 0. The quantitative estimate of drug-likeness (QED) is 0.490. The molecule has 24 heavy (non-hydrogen) atoms. The minimum absolute atomic E-state index is 0.0455. The van der Waals surface area contributed by atoms with E-state index in [9.17, 15) is 4.79 Å². The van der Waals surface area contributed by atoms with Gasteiger partial charge in [0.1, 0.15) is 0 Å². The van der Waals surface area contributed by atoms with Crippen LogP contribution in [0.4, 0.5) is 5.95 Å². The molecule has 0 saturated carbocycles. The van der Waals surface area contributed by atoms with Crippen LogP contribution in [0.25, 0.3) is 0 Å². The van der Waals surface area contributed by atoms with Crippen molar-refractivity contribution in [3.8, 4) is 0 Å². The summed E-state index contributed by atoms with van der Waals surface area (Å²) >= 11 is 0. The van der Waals surface area contributed by atoms with Gasteiger partial charge < -0.3 is 14.7 Å². The number of amides is 1. The van der Waals surface area contributed by atoms with Gasteiger partial charge in [-0.05, 0) is 44.7 Å². The lowest BCUT2D eigenvalue weighted by Gasteiger charge is -2.34. The van der Waals surface area contributed by atoms with Crippen molar-refractivity contribution in [1.82, 2.24) is 15.3 Å². The largest absolute Gasteiger partial charge is 0.454 e. The molecule has 0 bridgehead atoms. The van der Waals surface area contributed by atoms with Gasteiger partial charge in [0.15, 0.2) is 16.6 Å². The normalized spacial score (nSPS) is 12.3. The SMILES string of the molecule is CC(C)C(=O)NCCC[Si](C)(C)O[Si](C)(C)CNc1ncccn1. The molecule has 0 aromatic carbocycles. The molecule has 0 radical (unpaired) electrons. The standard InChI is InChI=1S/C16H32N4O2Si2/c1-14(2)15(21)17-11-8-12-23(3,4)22-24(5,6)13-20-16-18-9-7-10-19-16/h7,9-10,14H,8,11-13H2,1-6H3,(H,17,21)(H,18,19,20). The lowest BCUT2D eigenvalue weighted by molar-refractivity contribution is -0.123. The minimum Gasteiger partial charge on any atom is -0.454 e. The molecule has 6 nitrogen and oxygen atoms in total. The van der Waals surface area contributed by atoms with Gasteiger partial charge in [-0.3, -0.25) is 4.79 Å². The number of nitrogens with one attached hydrogen (secondary N) is 2. The third kappa shape index (κ3) is 8.56. The number of rotatable bonds is 10. The zero-order valence-electron chi connectivity index (χ0n) is 15.8. The maximum Gasteiger partial charge on any atom is 0.222 e.